The van der Waals surface area contributed by atoms with Gasteiger partial charge in [0.15, 0.2) is 0 Å². The minimum absolute atomic E-state index is 0.155. The summed E-state index contributed by atoms with van der Waals surface area (Å²) in [5.41, 5.74) is 0. The summed E-state index contributed by atoms with van der Waals surface area (Å²) in [7, 11) is 1.35. The molecule has 0 atom stereocenters. The molecule has 0 N–H and O–H groups in total. The lowest BCUT2D eigenvalue weighted by Crippen LogP contribution is -2.15. The van der Waals surface area contributed by atoms with Gasteiger partial charge in [0.2, 0.25) is 0 Å². The number of hydrogen-bond donors (Lipinski definition) is 0. The lowest BCUT2D eigenvalue weighted by molar-refractivity contribution is -0.145. The van der Waals surface area contributed by atoms with E-state index in [1.54, 1.807) is 0 Å². The lowest BCUT2D eigenvalue weighted by Gasteiger charge is -2.09. The summed E-state index contributed by atoms with van der Waals surface area (Å²) in [5, 5.41) is 0. The Balaban J connectivity index is 3.09. The zero-order valence-corrected chi connectivity index (χ0v) is 24.2. The van der Waals surface area contributed by atoms with Gasteiger partial charge in [0.25, 0.3) is 0 Å². The molecule has 0 unspecified atom stereocenters. The van der Waals surface area contributed by atoms with Crippen molar-refractivity contribution in [1.29, 1.82) is 0 Å². The summed E-state index contributed by atoms with van der Waals surface area (Å²) in [6, 6.07) is 0. The molecule has 0 aromatic carbocycles. The fourth-order valence-corrected chi connectivity index (χ4v) is 2.88. The summed E-state index contributed by atoms with van der Waals surface area (Å²) in [6.45, 7) is 9.77. The predicted molar refractivity (Wildman–Crippen MR) is 143 cm³/mol. The first-order chi connectivity index (χ1) is 19.2. The Morgan fingerprint density at radius 2 is 0.769 bits per heavy atom. The van der Waals surface area contributed by atoms with Crippen LogP contribution in [0.3, 0.4) is 0 Å². The maximum atomic E-state index is 11.5. The summed E-state index contributed by atoms with van der Waals surface area (Å²) < 4.78 is 52.7. The third kappa shape index (κ3) is 32.7. The smallest absolute Gasteiger partial charge is 0.307 e. The van der Waals surface area contributed by atoms with E-state index in [1.165, 1.54) is 7.11 Å². The van der Waals surface area contributed by atoms with Crippen LogP contribution in [0, 0.1) is 0 Å². The van der Waals surface area contributed by atoms with Crippen LogP contribution in [0.5, 0.6) is 0 Å². The van der Waals surface area contributed by atoms with Crippen LogP contribution in [0.25, 0.3) is 0 Å². The van der Waals surface area contributed by atoms with Crippen molar-refractivity contribution in [3.8, 4) is 0 Å². The molecule has 232 valence electrons. The summed E-state index contributed by atoms with van der Waals surface area (Å²) in [6.07, 6.45) is 5.00. The van der Waals surface area contributed by atoms with Gasteiger partial charge in [-0.25, -0.2) is 0 Å². The Morgan fingerprint density at radius 3 is 1.13 bits per heavy atom. The highest BCUT2D eigenvalue weighted by molar-refractivity contribution is 5.69. The van der Waals surface area contributed by atoms with Gasteiger partial charge in [-0.15, -0.1) is 0 Å². The largest absolute Gasteiger partial charge is 0.469 e. The molecule has 0 amide bonds. The van der Waals surface area contributed by atoms with E-state index in [9.17, 15) is 9.59 Å². The molecule has 0 aromatic rings. The molecule has 0 aliphatic rings. The molecule has 0 aliphatic carbocycles. The van der Waals surface area contributed by atoms with E-state index in [0.717, 1.165) is 25.7 Å². The van der Waals surface area contributed by atoms with Gasteiger partial charge < -0.3 is 47.4 Å². The molecular weight excluding hydrogens is 516 g/mol. The Kier molecular flexibility index (Phi) is 31.7. The third-order valence-corrected chi connectivity index (χ3v) is 5.01. The van der Waals surface area contributed by atoms with Crippen molar-refractivity contribution in [3.63, 3.8) is 0 Å². The topological polar surface area (TPSA) is 126 Å². The standard InChI is InChI=1S/C27H52O12/c1-3-4-5-6-7-27(29)39-25-24-38-23-22-37-21-20-36-19-18-35-17-16-34-15-14-33-13-12-32-11-10-31-9-8-26(28)30-2/h3-25H2,1-2H3. The van der Waals surface area contributed by atoms with Crippen LogP contribution < -0.4 is 0 Å². The number of ether oxygens (including phenoxy) is 10. The monoisotopic (exact) mass is 568 g/mol. The van der Waals surface area contributed by atoms with E-state index in [-0.39, 0.29) is 25.0 Å². The molecule has 0 saturated carbocycles. The van der Waals surface area contributed by atoms with Crippen molar-refractivity contribution >= 4 is 11.9 Å². The van der Waals surface area contributed by atoms with Gasteiger partial charge in [-0.1, -0.05) is 26.2 Å². The minimum Gasteiger partial charge on any atom is -0.469 e. The van der Waals surface area contributed by atoms with E-state index < -0.39 is 0 Å². The van der Waals surface area contributed by atoms with Crippen molar-refractivity contribution in [2.24, 2.45) is 0 Å². The third-order valence-electron chi connectivity index (χ3n) is 5.01. The number of rotatable bonds is 32. The normalized spacial score (nSPS) is 11.1. The van der Waals surface area contributed by atoms with Gasteiger partial charge in [-0.3, -0.25) is 9.59 Å². The van der Waals surface area contributed by atoms with Crippen molar-refractivity contribution in [1.82, 2.24) is 0 Å². The van der Waals surface area contributed by atoms with Crippen LogP contribution >= 0.6 is 0 Å². The second kappa shape index (κ2) is 32.8. The molecule has 0 rings (SSSR count). The maximum absolute atomic E-state index is 11.5. The fourth-order valence-electron chi connectivity index (χ4n) is 2.88. The number of hydrogen-bond acceptors (Lipinski definition) is 12. The highest BCUT2D eigenvalue weighted by Crippen LogP contribution is 2.03. The van der Waals surface area contributed by atoms with Gasteiger partial charge in [-0.2, -0.15) is 0 Å². The first-order valence-corrected chi connectivity index (χ1v) is 14.0. The van der Waals surface area contributed by atoms with Crippen molar-refractivity contribution in [2.45, 2.75) is 45.4 Å². The molecule has 12 nitrogen and oxygen atoms in total. The van der Waals surface area contributed by atoms with Crippen LogP contribution in [-0.2, 0) is 57.0 Å². The molecule has 0 spiro atoms. The molecule has 0 radical (unpaired) electrons. The number of unbranched alkanes of at least 4 members (excludes halogenated alkanes) is 3. The average Bonchev–Trinajstić information content (AvgIpc) is 2.94. The zero-order valence-electron chi connectivity index (χ0n) is 24.2. The van der Waals surface area contributed by atoms with Gasteiger partial charge in [-0.05, 0) is 6.42 Å². The number of methoxy groups -OCH3 is 1. The van der Waals surface area contributed by atoms with Gasteiger partial charge in [0, 0.05) is 6.42 Å². The molecule has 12 heteroatoms. The van der Waals surface area contributed by atoms with Gasteiger partial charge in [0.05, 0.1) is 119 Å². The second-order valence-electron chi connectivity index (χ2n) is 8.26. The van der Waals surface area contributed by atoms with E-state index in [0.29, 0.717) is 112 Å². The molecule has 0 aliphatic heterocycles. The van der Waals surface area contributed by atoms with Crippen LogP contribution in [0.4, 0.5) is 0 Å². The van der Waals surface area contributed by atoms with E-state index in [4.69, 9.17) is 42.6 Å². The number of esters is 2. The summed E-state index contributed by atoms with van der Waals surface area (Å²) >= 11 is 0. The maximum Gasteiger partial charge on any atom is 0.307 e. The summed E-state index contributed by atoms with van der Waals surface area (Å²) in [5.74, 6) is -0.442. The van der Waals surface area contributed by atoms with E-state index in [1.807, 2.05) is 0 Å². The Bertz CT molecular complexity index is 521. The van der Waals surface area contributed by atoms with Gasteiger partial charge >= 0.3 is 11.9 Å². The van der Waals surface area contributed by atoms with E-state index in [2.05, 4.69) is 11.7 Å². The minimum atomic E-state index is -0.287. The molecule has 0 heterocycles. The molecule has 0 bridgehead atoms. The molecular formula is C27H52O12. The molecule has 0 saturated heterocycles. The Labute approximate surface area is 234 Å². The Morgan fingerprint density at radius 1 is 0.410 bits per heavy atom. The van der Waals surface area contributed by atoms with Crippen molar-refractivity contribution < 1.29 is 57.0 Å². The van der Waals surface area contributed by atoms with E-state index >= 15 is 0 Å². The molecule has 0 fully saturated rings. The molecule has 39 heavy (non-hydrogen) atoms. The van der Waals surface area contributed by atoms with Crippen molar-refractivity contribution in [2.75, 3.05) is 119 Å². The van der Waals surface area contributed by atoms with Crippen LogP contribution in [-0.4, -0.2) is 131 Å². The van der Waals surface area contributed by atoms with Crippen molar-refractivity contribution in [3.05, 3.63) is 0 Å². The SMILES string of the molecule is CCCCCCC(=O)OCCOCCOCCOCCOCCOCCOCCOCCOCCC(=O)OC. The second-order valence-corrected chi connectivity index (χ2v) is 8.26. The average molecular weight is 569 g/mol. The number of carbonyl (C=O) groups excluding carboxylic acids is 2. The van der Waals surface area contributed by atoms with Crippen LogP contribution in [0.2, 0.25) is 0 Å². The first kappa shape index (κ1) is 37.6. The first-order valence-electron chi connectivity index (χ1n) is 14.0. The summed E-state index contributed by atoms with van der Waals surface area (Å²) in [4.78, 5) is 22.4. The lowest BCUT2D eigenvalue weighted by atomic mass is 10.2. The van der Waals surface area contributed by atoms with Crippen LogP contribution in [0.1, 0.15) is 45.4 Å². The molecule has 0 aromatic heterocycles. The van der Waals surface area contributed by atoms with Gasteiger partial charge in [0.1, 0.15) is 6.61 Å². The van der Waals surface area contributed by atoms with Crippen LogP contribution in [0.15, 0.2) is 0 Å². The Hall–Kier alpha value is -1.38. The fraction of sp³-hybridized carbons (Fsp3) is 0.926. The quantitative estimate of drug-likeness (QED) is 0.0872. The predicted octanol–water partition coefficient (Wildman–Crippen LogP) is 2.20. The highest BCUT2D eigenvalue weighted by Gasteiger charge is 2.02. The zero-order chi connectivity index (χ0) is 28.5. The highest BCUT2D eigenvalue weighted by atomic mass is 16.6. The number of carbonyl (C=O) groups is 2.